The van der Waals surface area contributed by atoms with Crippen molar-refractivity contribution < 1.29 is 14.3 Å². The highest BCUT2D eigenvalue weighted by atomic mass is 35.5. The standard InChI is InChI=1S/C18H14ClN3O3S/c19-16-14(21-22-26-16)11-25-18(24)15(12-7-3-1-4-8-12)20-17(23)13-9-5-2-6-10-13/h1-10,15H,11H2,(H,20,23). The Morgan fingerprint density at radius 1 is 1.08 bits per heavy atom. The van der Waals surface area contributed by atoms with Gasteiger partial charge in [0.25, 0.3) is 5.91 Å². The van der Waals surface area contributed by atoms with Crippen LogP contribution in [-0.2, 0) is 16.1 Å². The monoisotopic (exact) mass is 387 g/mol. The van der Waals surface area contributed by atoms with E-state index in [1.807, 2.05) is 12.1 Å². The Kier molecular flexibility index (Phi) is 5.93. The predicted molar refractivity (Wildman–Crippen MR) is 97.8 cm³/mol. The molecule has 1 aromatic heterocycles. The Morgan fingerprint density at radius 2 is 1.73 bits per heavy atom. The minimum absolute atomic E-state index is 0.112. The number of rotatable bonds is 6. The van der Waals surface area contributed by atoms with Gasteiger partial charge in [0.05, 0.1) is 0 Å². The van der Waals surface area contributed by atoms with Crippen LogP contribution < -0.4 is 5.32 Å². The molecule has 0 fully saturated rings. The molecule has 0 saturated carbocycles. The zero-order valence-electron chi connectivity index (χ0n) is 13.5. The Morgan fingerprint density at radius 3 is 2.35 bits per heavy atom. The fourth-order valence-electron chi connectivity index (χ4n) is 2.23. The summed E-state index contributed by atoms with van der Waals surface area (Å²) in [5, 5.41) is 6.51. The summed E-state index contributed by atoms with van der Waals surface area (Å²) >= 11 is 6.93. The van der Waals surface area contributed by atoms with Gasteiger partial charge >= 0.3 is 5.97 Å². The number of carbonyl (C=O) groups is 2. The fraction of sp³-hybridized carbons (Fsp3) is 0.111. The molecule has 1 heterocycles. The summed E-state index contributed by atoms with van der Waals surface area (Å²) in [5.74, 6) is -0.977. The van der Waals surface area contributed by atoms with Gasteiger partial charge in [-0.15, -0.1) is 5.10 Å². The van der Waals surface area contributed by atoms with Crippen molar-refractivity contribution in [3.63, 3.8) is 0 Å². The second kappa shape index (κ2) is 8.55. The molecule has 132 valence electrons. The third-order valence-corrected chi connectivity index (χ3v) is 4.52. The van der Waals surface area contributed by atoms with E-state index in [1.165, 1.54) is 0 Å². The number of halogens is 1. The summed E-state index contributed by atoms with van der Waals surface area (Å²) in [6.45, 7) is -0.112. The lowest BCUT2D eigenvalue weighted by Gasteiger charge is -2.18. The van der Waals surface area contributed by atoms with Crippen molar-refractivity contribution in [3.8, 4) is 0 Å². The van der Waals surface area contributed by atoms with Crippen molar-refractivity contribution in [3.05, 3.63) is 81.8 Å². The molecule has 3 rings (SSSR count). The second-order valence-electron chi connectivity index (χ2n) is 5.28. The number of nitrogens with zero attached hydrogens (tertiary/aromatic N) is 2. The van der Waals surface area contributed by atoms with Gasteiger partial charge in [-0.05, 0) is 17.7 Å². The van der Waals surface area contributed by atoms with Crippen molar-refractivity contribution in [2.24, 2.45) is 0 Å². The van der Waals surface area contributed by atoms with Gasteiger partial charge in [-0.2, -0.15) is 0 Å². The van der Waals surface area contributed by atoms with E-state index >= 15 is 0 Å². The summed E-state index contributed by atoms with van der Waals surface area (Å²) < 4.78 is 9.34. The minimum atomic E-state index is -0.950. The Balaban J connectivity index is 1.76. The molecule has 0 saturated heterocycles. The molecule has 0 radical (unpaired) electrons. The topological polar surface area (TPSA) is 81.2 Å². The molecule has 1 unspecified atom stereocenters. The lowest BCUT2D eigenvalue weighted by molar-refractivity contribution is -0.147. The molecule has 0 aliphatic carbocycles. The highest BCUT2D eigenvalue weighted by molar-refractivity contribution is 7.10. The van der Waals surface area contributed by atoms with Crippen LogP contribution in [-0.4, -0.2) is 21.5 Å². The molecule has 3 aromatic rings. The predicted octanol–water partition coefficient (Wildman–Crippen LogP) is 3.41. The van der Waals surface area contributed by atoms with E-state index < -0.39 is 12.0 Å². The van der Waals surface area contributed by atoms with Crippen molar-refractivity contribution in [2.75, 3.05) is 0 Å². The lowest BCUT2D eigenvalue weighted by Crippen LogP contribution is -2.34. The average Bonchev–Trinajstić information content (AvgIpc) is 3.10. The van der Waals surface area contributed by atoms with Crippen molar-refractivity contribution in [1.82, 2.24) is 14.9 Å². The van der Waals surface area contributed by atoms with Crippen LogP contribution in [0.1, 0.15) is 27.7 Å². The van der Waals surface area contributed by atoms with Crippen molar-refractivity contribution in [1.29, 1.82) is 0 Å². The molecule has 2 aromatic carbocycles. The smallest absolute Gasteiger partial charge is 0.333 e. The van der Waals surface area contributed by atoms with Crippen LogP contribution in [0, 0.1) is 0 Å². The van der Waals surface area contributed by atoms with Crippen LogP contribution in [0.3, 0.4) is 0 Å². The first-order chi connectivity index (χ1) is 12.6. The summed E-state index contributed by atoms with van der Waals surface area (Å²) in [4.78, 5) is 25.1. The molecule has 6 nitrogen and oxygen atoms in total. The zero-order valence-corrected chi connectivity index (χ0v) is 15.0. The fourth-order valence-corrected chi connectivity index (χ4v) is 2.83. The first-order valence-corrected chi connectivity index (χ1v) is 8.84. The quantitative estimate of drug-likeness (QED) is 0.655. The van der Waals surface area contributed by atoms with Gasteiger partial charge in [-0.25, -0.2) is 4.79 Å². The van der Waals surface area contributed by atoms with Crippen LogP contribution in [0.4, 0.5) is 0 Å². The minimum Gasteiger partial charge on any atom is -0.457 e. The number of benzene rings is 2. The van der Waals surface area contributed by atoms with Gasteiger partial charge in [0, 0.05) is 17.1 Å². The van der Waals surface area contributed by atoms with E-state index in [-0.39, 0.29) is 12.5 Å². The lowest BCUT2D eigenvalue weighted by atomic mass is 10.1. The SMILES string of the molecule is O=C(NC(C(=O)OCc1nnsc1Cl)c1ccccc1)c1ccccc1. The van der Waals surface area contributed by atoms with E-state index in [9.17, 15) is 9.59 Å². The molecule has 0 bridgehead atoms. The molecule has 1 amide bonds. The van der Waals surface area contributed by atoms with Gasteiger partial charge in [0.1, 0.15) is 16.6 Å². The van der Waals surface area contributed by atoms with Crippen molar-refractivity contribution >= 4 is 35.0 Å². The maximum absolute atomic E-state index is 12.6. The summed E-state index contributed by atoms with van der Waals surface area (Å²) in [6, 6.07) is 16.6. The average molecular weight is 388 g/mol. The van der Waals surface area contributed by atoms with Gasteiger partial charge in [0.15, 0.2) is 6.04 Å². The molecular formula is C18H14ClN3O3S. The molecule has 1 atom stereocenters. The van der Waals surface area contributed by atoms with Crippen LogP contribution in [0.15, 0.2) is 60.7 Å². The van der Waals surface area contributed by atoms with E-state index in [4.69, 9.17) is 16.3 Å². The number of esters is 1. The van der Waals surface area contributed by atoms with Gasteiger partial charge in [0.2, 0.25) is 0 Å². The number of amides is 1. The molecule has 26 heavy (non-hydrogen) atoms. The third-order valence-electron chi connectivity index (χ3n) is 3.54. The van der Waals surface area contributed by atoms with Crippen LogP contribution in [0.2, 0.25) is 4.34 Å². The molecule has 0 aliphatic heterocycles. The number of aromatic nitrogens is 2. The van der Waals surface area contributed by atoms with E-state index in [1.54, 1.807) is 48.5 Å². The second-order valence-corrected chi connectivity index (χ2v) is 6.64. The maximum atomic E-state index is 12.6. The van der Waals surface area contributed by atoms with Crippen LogP contribution >= 0.6 is 23.1 Å². The van der Waals surface area contributed by atoms with E-state index in [2.05, 4.69) is 14.9 Å². The Bertz CT molecular complexity index is 887. The van der Waals surface area contributed by atoms with Gasteiger partial charge in [-0.3, -0.25) is 4.79 Å². The molecule has 8 heteroatoms. The highest BCUT2D eigenvalue weighted by Gasteiger charge is 2.25. The number of hydrogen-bond donors (Lipinski definition) is 1. The Hall–Kier alpha value is -2.77. The summed E-state index contributed by atoms with van der Waals surface area (Å²) in [7, 11) is 0. The van der Waals surface area contributed by atoms with E-state index in [0.29, 0.717) is 21.2 Å². The number of carbonyl (C=O) groups excluding carboxylic acids is 2. The number of hydrogen-bond acceptors (Lipinski definition) is 6. The normalized spacial score (nSPS) is 11.6. The maximum Gasteiger partial charge on any atom is 0.333 e. The first-order valence-electron chi connectivity index (χ1n) is 7.69. The van der Waals surface area contributed by atoms with Crippen LogP contribution in [0.25, 0.3) is 0 Å². The van der Waals surface area contributed by atoms with Crippen LogP contribution in [0.5, 0.6) is 0 Å². The largest absolute Gasteiger partial charge is 0.457 e. The summed E-state index contributed by atoms with van der Waals surface area (Å²) in [6.07, 6.45) is 0. The molecular weight excluding hydrogens is 374 g/mol. The number of nitrogens with one attached hydrogen (secondary N) is 1. The first kappa shape index (κ1) is 18.0. The van der Waals surface area contributed by atoms with E-state index in [0.717, 1.165) is 11.5 Å². The highest BCUT2D eigenvalue weighted by Crippen LogP contribution is 2.20. The summed E-state index contributed by atoms with van der Waals surface area (Å²) in [5.41, 5.74) is 1.45. The number of ether oxygens (including phenoxy) is 1. The van der Waals surface area contributed by atoms with Gasteiger partial charge in [-0.1, -0.05) is 64.6 Å². The molecule has 0 aliphatic rings. The van der Waals surface area contributed by atoms with Gasteiger partial charge < -0.3 is 10.1 Å². The molecule has 1 N–H and O–H groups in total. The van der Waals surface area contributed by atoms with Crippen molar-refractivity contribution in [2.45, 2.75) is 12.6 Å². The third kappa shape index (κ3) is 4.44. The molecule has 0 spiro atoms. The Labute approximate surface area is 158 Å². The zero-order chi connectivity index (χ0) is 18.4.